The highest BCUT2D eigenvalue weighted by molar-refractivity contribution is 6.29. The van der Waals surface area contributed by atoms with Gasteiger partial charge in [0.2, 0.25) is 0 Å². The minimum Gasteiger partial charge on any atom is -0.404 e. The molecule has 2 rings (SSSR count). The second-order valence-corrected chi connectivity index (χ2v) is 3.66. The van der Waals surface area contributed by atoms with Gasteiger partial charge in [-0.2, -0.15) is 10.1 Å². The minimum atomic E-state index is -0.505. The number of carbonyl (C=O) groups is 1. The molecule has 0 aliphatic carbocycles. The van der Waals surface area contributed by atoms with Crippen LogP contribution < -0.4 is 10.7 Å². The van der Waals surface area contributed by atoms with Crippen molar-refractivity contribution in [1.29, 1.82) is 0 Å². The number of nitrogens with two attached hydrogens (primary N) is 1. The molecule has 0 fully saturated rings. The third kappa shape index (κ3) is 1.81. The summed E-state index contributed by atoms with van der Waals surface area (Å²) in [4.78, 5) is 21.9. The fourth-order valence-electron chi connectivity index (χ4n) is 1.60. The van der Waals surface area contributed by atoms with Crippen LogP contribution in [0.3, 0.4) is 0 Å². The molecule has 7 nitrogen and oxygen atoms in total. The lowest BCUT2D eigenvalue weighted by molar-refractivity contribution is -0.384. The first-order chi connectivity index (χ1) is 8.54. The Labute approximate surface area is 102 Å². The average molecular weight is 246 g/mol. The Morgan fingerprint density at radius 3 is 2.44 bits per heavy atom. The van der Waals surface area contributed by atoms with Crippen LogP contribution in [0.4, 0.5) is 11.4 Å². The van der Waals surface area contributed by atoms with Crippen LogP contribution in [-0.4, -0.2) is 16.5 Å². The van der Waals surface area contributed by atoms with E-state index in [-0.39, 0.29) is 11.6 Å². The molecule has 0 saturated heterocycles. The predicted octanol–water partition coefficient (Wildman–Crippen LogP) is 1.16. The van der Waals surface area contributed by atoms with Gasteiger partial charge in [0, 0.05) is 18.3 Å². The number of hydrogen-bond acceptors (Lipinski definition) is 5. The Kier molecular flexibility index (Phi) is 2.80. The zero-order valence-electron chi connectivity index (χ0n) is 9.53. The number of carbonyl (C=O) groups excluding carboxylic acids is 1. The van der Waals surface area contributed by atoms with Crippen molar-refractivity contribution in [3.63, 3.8) is 0 Å². The molecular weight excluding hydrogens is 236 g/mol. The van der Waals surface area contributed by atoms with Crippen LogP contribution in [0, 0.1) is 10.1 Å². The molecule has 18 heavy (non-hydrogen) atoms. The number of nitrogens with zero attached hydrogens (tertiary/aromatic N) is 3. The Balaban J connectivity index is 2.34. The van der Waals surface area contributed by atoms with Crippen molar-refractivity contribution in [2.45, 2.75) is 6.92 Å². The molecule has 1 heterocycles. The van der Waals surface area contributed by atoms with Crippen LogP contribution in [0.2, 0.25) is 0 Å². The Bertz CT molecular complexity index is 574. The van der Waals surface area contributed by atoms with Crippen LogP contribution in [0.5, 0.6) is 0 Å². The summed E-state index contributed by atoms with van der Waals surface area (Å²) in [5.74, 6) is -0.344. The van der Waals surface area contributed by atoms with Crippen molar-refractivity contribution >= 4 is 23.0 Å². The molecule has 1 aliphatic heterocycles. The minimum absolute atomic E-state index is 0.0410. The molecule has 92 valence electrons. The summed E-state index contributed by atoms with van der Waals surface area (Å²) in [6, 6.07) is 5.56. The highest BCUT2D eigenvalue weighted by atomic mass is 16.6. The van der Waals surface area contributed by atoms with E-state index in [0.29, 0.717) is 17.0 Å². The molecule has 1 amide bonds. The van der Waals surface area contributed by atoms with E-state index in [1.807, 2.05) is 0 Å². The molecule has 0 saturated carbocycles. The molecular formula is C11H10N4O3. The number of hydrazone groups is 1. The zero-order chi connectivity index (χ0) is 13.3. The van der Waals surface area contributed by atoms with Gasteiger partial charge in [-0.3, -0.25) is 14.9 Å². The zero-order valence-corrected chi connectivity index (χ0v) is 9.53. The predicted molar refractivity (Wildman–Crippen MR) is 66.0 cm³/mol. The fraction of sp³-hybridized carbons (Fsp3) is 0.0909. The lowest BCUT2D eigenvalue weighted by atomic mass is 10.2. The van der Waals surface area contributed by atoms with E-state index in [0.717, 1.165) is 5.01 Å². The van der Waals surface area contributed by atoms with Crippen LogP contribution in [0.1, 0.15) is 6.92 Å². The number of rotatable bonds is 2. The van der Waals surface area contributed by atoms with Crippen molar-refractivity contribution in [2.75, 3.05) is 5.01 Å². The third-order valence-corrected chi connectivity index (χ3v) is 2.53. The van der Waals surface area contributed by atoms with Crippen molar-refractivity contribution in [3.8, 4) is 0 Å². The van der Waals surface area contributed by atoms with E-state index in [1.54, 1.807) is 6.92 Å². The summed E-state index contributed by atoms with van der Waals surface area (Å²) >= 11 is 0. The molecule has 0 bridgehead atoms. The number of non-ortho nitro benzene ring substituents is 1. The average Bonchev–Trinajstić information content (AvgIpc) is 2.64. The van der Waals surface area contributed by atoms with Gasteiger partial charge in [-0.25, -0.2) is 0 Å². The molecule has 0 atom stereocenters. The van der Waals surface area contributed by atoms with Crippen molar-refractivity contribution < 1.29 is 9.72 Å². The lowest BCUT2D eigenvalue weighted by Gasteiger charge is -2.10. The van der Waals surface area contributed by atoms with Gasteiger partial charge in [-0.05, 0) is 19.1 Å². The first-order valence-electron chi connectivity index (χ1n) is 5.11. The molecule has 0 radical (unpaired) electrons. The van der Waals surface area contributed by atoms with E-state index >= 15 is 0 Å². The van der Waals surface area contributed by atoms with E-state index < -0.39 is 4.92 Å². The topological polar surface area (TPSA) is 102 Å². The first kappa shape index (κ1) is 11.8. The molecule has 1 aliphatic rings. The molecule has 1 aromatic carbocycles. The number of nitro groups is 1. The van der Waals surface area contributed by atoms with Gasteiger partial charge >= 0.3 is 0 Å². The van der Waals surface area contributed by atoms with Crippen LogP contribution in [0.25, 0.3) is 0 Å². The summed E-state index contributed by atoms with van der Waals surface area (Å²) in [5, 5.41) is 15.7. The summed E-state index contributed by atoms with van der Waals surface area (Å²) < 4.78 is 0. The number of nitro benzene ring substituents is 1. The van der Waals surface area contributed by atoms with Gasteiger partial charge in [0.1, 0.15) is 0 Å². The monoisotopic (exact) mass is 246 g/mol. The van der Waals surface area contributed by atoms with Crippen molar-refractivity contribution in [3.05, 3.63) is 46.2 Å². The van der Waals surface area contributed by atoms with E-state index in [4.69, 9.17) is 5.73 Å². The summed E-state index contributed by atoms with van der Waals surface area (Å²) in [5.41, 5.74) is 6.60. The number of amides is 1. The fourth-order valence-corrected chi connectivity index (χ4v) is 1.60. The van der Waals surface area contributed by atoms with Gasteiger partial charge in [-0.15, -0.1) is 0 Å². The summed E-state index contributed by atoms with van der Waals surface area (Å²) in [6.45, 7) is 1.67. The van der Waals surface area contributed by atoms with Crippen LogP contribution in [0.15, 0.2) is 41.1 Å². The van der Waals surface area contributed by atoms with E-state index in [9.17, 15) is 14.9 Å². The molecule has 1 aromatic rings. The third-order valence-electron chi connectivity index (χ3n) is 2.53. The lowest BCUT2D eigenvalue weighted by Crippen LogP contribution is -2.21. The first-order valence-corrected chi connectivity index (χ1v) is 5.11. The molecule has 0 aromatic heterocycles. The summed E-state index contributed by atoms with van der Waals surface area (Å²) in [6.07, 6.45) is 1.20. The summed E-state index contributed by atoms with van der Waals surface area (Å²) in [7, 11) is 0. The highest BCUT2D eigenvalue weighted by Gasteiger charge is 2.28. The number of anilines is 1. The van der Waals surface area contributed by atoms with Crippen LogP contribution >= 0.6 is 0 Å². The molecule has 0 unspecified atom stereocenters. The van der Waals surface area contributed by atoms with Crippen LogP contribution in [-0.2, 0) is 4.79 Å². The molecule has 7 heteroatoms. The Hall–Kier alpha value is -2.70. The van der Waals surface area contributed by atoms with E-state index in [1.165, 1.54) is 30.5 Å². The van der Waals surface area contributed by atoms with Crippen molar-refractivity contribution in [1.82, 2.24) is 0 Å². The van der Waals surface area contributed by atoms with Gasteiger partial charge < -0.3 is 5.73 Å². The van der Waals surface area contributed by atoms with Crippen molar-refractivity contribution in [2.24, 2.45) is 10.8 Å². The standard InChI is InChI=1S/C11H10N4O3/c1-7-10(6-12)11(16)14(13-7)8-2-4-9(5-3-8)15(17)18/h2-6H,12H2,1H3. The Morgan fingerprint density at radius 2 is 2.00 bits per heavy atom. The normalized spacial score (nSPS) is 17.2. The molecule has 2 N–H and O–H groups in total. The van der Waals surface area contributed by atoms with Gasteiger partial charge in [0.05, 0.1) is 21.9 Å². The SMILES string of the molecule is CC1=NN(c2ccc([N+](=O)[O-])cc2)C(=O)C1=CN. The maximum absolute atomic E-state index is 11.9. The van der Waals surface area contributed by atoms with E-state index in [2.05, 4.69) is 5.10 Å². The van der Waals surface area contributed by atoms with Gasteiger partial charge in [0.25, 0.3) is 11.6 Å². The second kappa shape index (κ2) is 4.28. The largest absolute Gasteiger partial charge is 0.404 e. The maximum Gasteiger partial charge on any atom is 0.282 e. The maximum atomic E-state index is 11.9. The van der Waals surface area contributed by atoms with Gasteiger partial charge in [0.15, 0.2) is 0 Å². The quantitative estimate of drug-likeness (QED) is 0.480. The Morgan fingerprint density at radius 1 is 1.39 bits per heavy atom. The smallest absolute Gasteiger partial charge is 0.282 e. The second-order valence-electron chi connectivity index (χ2n) is 3.66. The number of benzene rings is 1. The highest BCUT2D eigenvalue weighted by Crippen LogP contribution is 2.25. The number of hydrogen-bond donors (Lipinski definition) is 1. The van der Waals surface area contributed by atoms with Gasteiger partial charge in [-0.1, -0.05) is 0 Å². The molecule has 0 spiro atoms.